The number of benzene rings is 1. The van der Waals surface area contributed by atoms with Crippen LogP contribution in [0, 0.1) is 0 Å². The van der Waals surface area contributed by atoms with Gasteiger partial charge >= 0.3 is 5.97 Å². The highest BCUT2D eigenvalue weighted by Gasteiger charge is 2.28. The van der Waals surface area contributed by atoms with Gasteiger partial charge in [0, 0.05) is 4.91 Å². The van der Waals surface area contributed by atoms with Gasteiger partial charge in [0.15, 0.2) is 0 Å². The largest absolute Gasteiger partial charge is 0.481 e. The van der Waals surface area contributed by atoms with E-state index in [1.165, 1.54) is 19.1 Å². The fraction of sp³-hybridized carbons (Fsp3) is 0.182. The number of fused-ring (bicyclic) bond motifs is 1. The molecule has 0 saturated carbocycles. The van der Waals surface area contributed by atoms with Crippen LogP contribution in [0.1, 0.15) is 18.1 Å². The number of rotatable bonds is 2. The van der Waals surface area contributed by atoms with E-state index in [0.29, 0.717) is 11.1 Å². The van der Waals surface area contributed by atoms with E-state index in [-0.39, 0.29) is 16.2 Å². The van der Waals surface area contributed by atoms with Crippen LogP contribution in [-0.4, -0.2) is 19.5 Å². The average molecular weight is 238 g/mol. The zero-order valence-corrected chi connectivity index (χ0v) is 9.41. The zero-order chi connectivity index (χ0) is 11.9. The van der Waals surface area contributed by atoms with Crippen LogP contribution in [0.25, 0.3) is 6.08 Å². The number of carboxylic acids is 1. The van der Waals surface area contributed by atoms with Crippen LogP contribution in [0.5, 0.6) is 0 Å². The molecular weight excluding hydrogens is 228 g/mol. The molecule has 1 heterocycles. The van der Waals surface area contributed by atoms with Crippen LogP contribution in [0.15, 0.2) is 28.0 Å². The van der Waals surface area contributed by atoms with Gasteiger partial charge in [0.25, 0.3) is 0 Å². The molecule has 1 aromatic carbocycles. The Labute approximate surface area is 93.1 Å². The molecule has 0 spiro atoms. The number of hydrogen-bond acceptors (Lipinski definition) is 3. The van der Waals surface area contributed by atoms with Gasteiger partial charge in [-0.1, -0.05) is 12.1 Å². The van der Waals surface area contributed by atoms with E-state index in [0.717, 1.165) is 0 Å². The van der Waals surface area contributed by atoms with Crippen LogP contribution in [-0.2, 0) is 21.1 Å². The third-order valence-electron chi connectivity index (χ3n) is 2.56. The van der Waals surface area contributed by atoms with Crippen LogP contribution in [0.4, 0.5) is 0 Å². The summed E-state index contributed by atoms with van der Waals surface area (Å²) in [5.74, 6) is -0.969. The molecular formula is C11H10O4S. The molecule has 0 saturated heterocycles. The molecule has 0 unspecified atom stereocenters. The molecule has 0 fully saturated rings. The average Bonchev–Trinajstić information content (AvgIpc) is 2.40. The third-order valence-corrected chi connectivity index (χ3v) is 4.46. The Kier molecular flexibility index (Phi) is 2.35. The fourth-order valence-electron chi connectivity index (χ4n) is 1.76. The van der Waals surface area contributed by atoms with Crippen LogP contribution < -0.4 is 0 Å². The molecule has 1 N–H and O–H groups in total. The van der Waals surface area contributed by atoms with E-state index >= 15 is 0 Å². The number of sulfone groups is 1. The van der Waals surface area contributed by atoms with Gasteiger partial charge in [0.1, 0.15) is 0 Å². The molecule has 84 valence electrons. The maximum Gasteiger partial charge on any atom is 0.307 e. The molecule has 4 nitrogen and oxygen atoms in total. The predicted molar refractivity (Wildman–Crippen MR) is 58.6 cm³/mol. The summed E-state index contributed by atoms with van der Waals surface area (Å²) in [6.45, 7) is 1.51. The maximum absolute atomic E-state index is 11.8. The number of aliphatic carboxylic acids is 1. The first kappa shape index (κ1) is 10.9. The minimum Gasteiger partial charge on any atom is -0.481 e. The van der Waals surface area contributed by atoms with E-state index in [1.54, 1.807) is 12.1 Å². The molecule has 16 heavy (non-hydrogen) atoms. The molecule has 1 aliphatic rings. The first-order valence-corrected chi connectivity index (χ1v) is 6.18. The van der Waals surface area contributed by atoms with E-state index in [1.807, 2.05) is 0 Å². The number of hydrogen-bond donors (Lipinski definition) is 1. The second-order valence-electron chi connectivity index (χ2n) is 3.66. The van der Waals surface area contributed by atoms with Gasteiger partial charge < -0.3 is 5.11 Å². The predicted octanol–water partition coefficient (Wildman–Crippen LogP) is 1.46. The molecule has 0 bridgehead atoms. The fourth-order valence-corrected chi connectivity index (χ4v) is 3.12. The highest BCUT2D eigenvalue weighted by molar-refractivity contribution is 7.95. The van der Waals surface area contributed by atoms with Crippen molar-refractivity contribution in [3.8, 4) is 0 Å². The molecule has 0 radical (unpaired) electrons. The van der Waals surface area contributed by atoms with Gasteiger partial charge in [-0.15, -0.1) is 0 Å². The highest BCUT2D eigenvalue weighted by atomic mass is 32.2. The van der Waals surface area contributed by atoms with Crippen molar-refractivity contribution in [2.24, 2.45) is 0 Å². The second kappa shape index (κ2) is 3.45. The summed E-state index contributed by atoms with van der Waals surface area (Å²) in [7, 11) is -3.37. The standard InChI is InChI=1S/C11H10O4S/c1-7-5-9-8(6-11(12)13)3-2-4-10(9)16(7,14)15/h2-5H,6H2,1H3,(H,12,13). The van der Waals surface area contributed by atoms with Crippen molar-refractivity contribution in [3.05, 3.63) is 34.2 Å². The molecule has 1 aliphatic heterocycles. The second-order valence-corrected chi connectivity index (χ2v) is 5.75. The van der Waals surface area contributed by atoms with Crippen LogP contribution in [0.3, 0.4) is 0 Å². The minimum absolute atomic E-state index is 0.164. The van der Waals surface area contributed by atoms with Gasteiger partial charge in [-0.05, 0) is 30.2 Å². The van der Waals surface area contributed by atoms with Crippen molar-refractivity contribution in [1.29, 1.82) is 0 Å². The molecule has 1 aromatic rings. The number of allylic oxidation sites excluding steroid dienone is 1. The van der Waals surface area contributed by atoms with Crippen LogP contribution >= 0.6 is 0 Å². The SMILES string of the molecule is CC1=Cc2c(CC(=O)O)cccc2S1(=O)=O. The number of carboxylic acid groups (broad SMARTS) is 1. The van der Waals surface area contributed by atoms with Gasteiger partial charge in [-0.25, -0.2) is 8.42 Å². The first-order valence-electron chi connectivity index (χ1n) is 4.70. The Balaban J connectivity index is 2.65. The van der Waals surface area contributed by atoms with Crippen molar-refractivity contribution >= 4 is 21.9 Å². The smallest absolute Gasteiger partial charge is 0.307 e. The van der Waals surface area contributed by atoms with E-state index in [4.69, 9.17) is 5.11 Å². The molecule has 5 heteroatoms. The van der Waals surface area contributed by atoms with Gasteiger partial charge in [0.2, 0.25) is 9.84 Å². The lowest BCUT2D eigenvalue weighted by atomic mass is 10.0. The lowest BCUT2D eigenvalue weighted by Gasteiger charge is -2.04. The van der Waals surface area contributed by atoms with Crippen molar-refractivity contribution in [2.45, 2.75) is 18.2 Å². The van der Waals surface area contributed by atoms with Gasteiger partial charge in [-0.3, -0.25) is 4.79 Å². The van der Waals surface area contributed by atoms with Crippen molar-refractivity contribution in [3.63, 3.8) is 0 Å². The minimum atomic E-state index is -3.37. The lowest BCUT2D eigenvalue weighted by molar-refractivity contribution is -0.136. The Morgan fingerprint density at radius 1 is 1.38 bits per heavy atom. The third kappa shape index (κ3) is 1.53. The molecule has 0 atom stereocenters. The summed E-state index contributed by atoms with van der Waals surface area (Å²) in [5.41, 5.74) is 1.05. The Bertz CT molecular complexity index is 596. The lowest BCUT2D eigenvalue weighted by Crippen LogP contribution is -2.04. The summed E-state index contributed by atoms with van der Waals surface area (Å²) >= 11 is 0. The Morgan fingerprint density at radius 3 is 2.69 bits per heavy atom. The molecule has 0 amide bonds. The molecule has 0 aromatic heterocycles. The summed E-state index contributed by atoms with van der Waals surface area (Å²) in [5, 5.41) is 8.72. The van der Waals surface area contributed by atoms with Crippen molar-refractivity contribution < 1.29 is 18.3 Å². The zero-order valence-electron chi connectivity index (χ0n) is 8.60. The van der Waals surface area contributed by atoms with E-state index in [2.05, 4.69) is 0 Å². The quantitative estimate of drug-likeness (QED) is 0.846. The maximum atomic E-state index is 11.8. The summed E-state index contributed by atoms with van der Waals surface area (Å²) in [4.78, 5) is 11.1. The van der Waals surface area contributed by atoms with E-state index < -0.39 is 15.8 Å². The van der Waals surface area contributed by atoms with Gasteiger partial charge in [-0.2, -0.15) is 0 Å². The Morgan fingerprint density at radius 2 is 2.06 bits per heavy atom. The van der Waals surface area contributed by atoms with Crippen LogP contribution in [0.2, 0.25) is 0 Å². The Hall–Kier alpha value is -1.62. The topological polar surface area (TPSA) is 71.4 Å². The normalized spacial score (nSPS) is 16.7. The van der Waals surface area contributed by atoms with Crippen molar-refractivity contribution in [1.82, 2.24) is 0 Å². The van der Waals surface area contributed by atoms with Gasteiger partial charge in [0.05, 0.1) is 11.3 Å². The summed E-state index contributed by atoms with van der Waals surface area (Å²) in [6.07, 6.45) is 1.37. The summed E-state index contributed by atoms with van der Waals surface area (Å²) in [6, 6.07) is 4.71. The molecule has 0 aliphatic carbocycles. The first-order chi connectivity index (χ1) is 7.43. The monoisotopic (exact) mass is 238 g/mol. The highest BCUT2D eigenvalue weighted by Crippen LogP contribution is 2.34. The molecule has 2 rings (SSSR count). The van der Waals surface area contributed by atoms with E-state index in [9.17, 15) is 13.2 Å². The summed E-state index contributed by atoms with van der Waals surface area (Å²) < 4.78 is 23.6. The number of carbonyl (C=O) groups is 1. The van der Waals surface area contributed by atoms with Crippen molar-refractivity contribution in [2.75, 3.05) is 0 Å².